The van der Waals surface area contributed by atoms with Gasteiger partial charge in [-0.25, -0.2) is 0 Å². The molecule has 1 heterocycles. The van der Waals surface area contributed by atoms with Crippen molar-refractivity contribution in [1.29, 1.82) is 0 Å². The molecule has 17 heavy (non-hydrogen) atoms. The van der Waals surface area contributed by atoms with Crippen LogP contribution in [0.2, 0.25) is 0 Å². The van der Waals surface area contributed by atoms with Gasteiger partial charge in [-0.15, -0.1) is 0 Å². The van der Waals surface area contributed by atoms with Gasteiger partial charge in [0.15, 0.2) is 0 Å². The van der Waals surface area contributed by atoms with Crippen molar-refractivity contribution in [1.82, 2.24) is 4.90 Å². The summed E-state index contributed by atoms with van der Waals surface area (Å²) in [4.78, 5) is 2.35. The zero-order valence-electron chi connectivity index (χ0n) is 10.7. The first-order valence-corrected chi connectivity index (χ1v) is 6.30. The number of hydrogen-bond acceptors (Lipinski definition) is 3. The maximum Gasteiger partial charge on any atom is 0.0622 e. The lowest BCUT2D eigenvalue weighted by Crippen LogP contribution is -2.44. The number of rotatable bonds is 4. The summed E-state index contributed by atoms with van der Waals surface area (Å²) in [6.07, 6.45) is 1.11. The topological polar surface area (TPSA) is 38.5 Å². The zero-order chi connectivity index (χ0) is 12.3. The fourth-order valence-electron chi connectivity index (χ4n) is 2.38. The molecule has 1 aliphatic rings. The molecule has 1 aromatic carbocycles. The van der Waals surface area contributed by atoms with E-state index < -0.39 is 0 Å². The molecule has 2 N–H and O–H groups in total. The van der Waals surface area contributed by atoms with Crippen LogP contribution in [-0.4, -0.2) is 37.2 Å². The molecular formula is C14H22N2O. The maximum atomic E-state index is 6.32. The Hall–Kier alpha value is -0.900. The molecule has 0 spiro atoms. The SMILES string of the molecule is CC(C(N)c1ccccc1)N(C)C1CCOC1. The smallest absolute Gasteiger partial charge is 0.0622 e. The van der Waals surface area contributed by atoms with E-state index in [1.165, 1.54) is 5.56 Å². The molecule has 1 fully saturated rings. The van der Waals surface area contributed by atoms with Crippen LogP contribution in [0.5, 0.6) is 0 Å². The lowest BCUT2D eigenvalue weighted by Gasteiger charge is -2.33. The second kappa shape index (κ2) is 5.63. The molecule has 2 rings (SSSR count). The summed E-state index contributed by atoms with van der Waals surface area (Å²) in [7, 11) is 2.15. The molecule has 3 atom stereocenters. The number of likely N-dealkylation sites (N-methyl/N-ethyl adjacent to an activating group) is 1. The first-order valence-electron chi connectivity index (χ1n) is 6.30. The third kappa shape index (κ3) is 2.86. The van der Waals surface area contributed by atoms with Crippen LogP contribution in [0.15, 0.2) is 30.3 Å². The van der Waals surface area contributed by atoms with Gasteiger partial charge in [-0.1, -0.05) is 30.3 Å². The van der Waals surface area contributed by atoms with Crippen molar-refractivity contribution in [2.75, 3.05) is 20.3 Å². The molecule has 3 unspecified atom stereocenters. The van der Waals surface area contributed by atoms with Gasteiger partial charge in [0.25, 0.3) is 0 Å². The molecular weight excluding hydrogens is 212 g/mol. The Morgan fingerprint density at radius 2 is 2.06 bits per heavy atom. The number of nitrogens with zero attached hydrogens (tertiary/aromatic N) is 1. The number of ether oxygens (including phenoxy) is 1. The van der Waals surface area contributed by atoms with Crippen molar-refractivity contribution in [3.63, 3.8) is 0 Å². The second-order valence-corrected chi connectivity index (χ2v) is 4.86. The standard InChI is InChI=1S/C14H22N2O/c1-11(16(2)13-8-9-17-10-13)14(15)12-6-4-3-5-7-12/h3-7,11,13-14H,8-10,15H2,1-2H3. The Balaban J connectivity index is 2.01. The predicted molar refractivity (Wildman–Crippen MR) is 69.8 cm³/mol. The Morgan fingerprint density at radius 3 is 2.65 bits per heavy atom. The van der Waals surface area contributed by atoms with Gasteiger partial charge in [0.2, 0.25) is 0 Å². The second-order valence-electron chi connectivity index (χ2n) is 4.86. The van der Waals surface area contributed by atoms with Crippen molar-refractivity contribution < 1.29 is 4.74 Å². The van der Waals surface area contributed by atoms with E-state index in [2.05, 4.69) is 31.0 Å². The number of benzene rings is 1. The van der Waals surface area contributed by atoms with Crippen LogP contribution >= 0.6 is 0 Å². The van der Waals surface area contributed by atoms with Crippen molar-refractivity contribution in [3.05, 3.63) is 35.9 Å². The average molecular weight is 234 g/mol. The highest BCUT2D eigenvalue weighted by Crippen LogP contribution is 2.21. The molecule has 94 valence electrons. The van der Waals surface area contributed by atoms with Crippen LogP contribution < -0.4 is 5.73 Å². The minimum Gasteiger partial charge on any atom is -0.380 e. The van der Waals surface area contributed by atoms with Gasteiger partial charge in [0.1, 0.15) is 0 Å². The van der Waals surface area contributed by atoms with E-state index in [9.17, 15) is 0 Å². The number of nitrogens with two attached hydrogens (primary N) is 1. The number of hydrogen-bond donors (Lipinski definition) is 1. The van der Waals surface area contributed by atoms with E-state index in [1.807, 2.05) is 18.2 Å². The van der Waals surface area contributed by atoms with E-state index in [0.29, 0.717) is 12.1 Å². The van der Waals surface area contributed by atoms with E-state index in [0.717, 1.165) is 19.6 Å². The summed E-state index contributed by atoms with van der Waals surface area (Å²) in [6, 6.07) is 11.2. The largest absolute Gasteiger partial charge is 0.380 e. The van der Waals surface area contributed by atoms with Crippen molar-refractivity contribution >= 4 is 0 Å². The normalized spacial score (nSPS) is 23.9. The van der Waals surface area contributed by atoms with E-state index in [1.54, 1.807) is 0 Å². The third-order valence-corrected chi connectivity index (χ3v) is 3.83. The monoisotopic (exact) mass is 234 g/mol. The summed E-state index contributed by atoms with van der Waals surface area (Å²) >= 11 is 0. The summed E-state index contributed by atoms with van der Waals surface area (Å²) in [5.41, 5.74) is 7.52. The van der Waals surface area contributed by atoms with Gasteiger partial charge in [-0.2, -0.15) is 0 Å². The highest BCUT2D eigenvalue weighted by atomic mass is 16.5. The molecule has 0 aliphatic carbocycles. The van der Waals surface area contributed by atoms with E-state index in [-0.39, 0.29) is 6.04 Å². The molecule has 3 heteroatoms. The van der Waals surface area contributed by atoms with Gasteiger partial charge in [-0.3, -0.25) is 4.90 Å². The fourth-order valence-corrected chi connectivity index (χ4v) is 2.38. The van der Waals surface area contributed by atoms with Gasteiger partial charge >= 0.3 is 0 Å². The molecule has 0 saturated carbocycles. The van der Waals surface area contributed by atoms with Crippen LogP contribution in [0, 0.1) is 0 Å². The highest BCUT2D eigenvalue weighted by Gasteiger charge is 2.27. The van der Waals surface area contributed by atoms with Crippen LogP contribution in [0.3, 0.4) is 0 Å². The molecule has 0 bridgehead atoms. The van der Waals surface area contributed by atoms with Gasteiger partial charge < -0.3 is 10.5 Å². The lowest BCUT2D eigenvalue weighted by molar-refractivity contribution is 0.127. The van der Waals surface area contributed by atoms with Crippen LogP contribution in [0.25, 0.3) is 0 Å². The van der Waals surface area contributed by atoms with Crippen LogP contribution in [-0.2, 0) is 4.74 Å². The first kappa shape index (κ1) is 12.6. The molecule has 0 amide bonds. The molecule has 0 radical (unpaired) electrons. The average Bonchev–Trinajstić information content (AvgIpc) is 2.91. The minimum absolute atomic E-state index is 0.0572. The van der Waals surface area contributed by atoms with Crippen molar-refractivity contribution in [2.24, 2.45) is 5.73 Å². The minimum atomic E-state index is 0.0572. The quantitative estimate of drug-likeness (QED) is 0.863. The molecule has 1 saturated heterocycles. The Morgan fingerprint density at radius 1 is 1.35 bits per heavy atom. The predicted octanol–water partition coefficient (Wildman–Crippen LogP) is 1.80. The zero-order valence-corrected chi connectivity index (χ0v) is 10.7. The van der Waals surface area contributed by atoms with Gasteiger partial charge in [0.05, 0.1) is 6.61 Å². The third-order valence-electron chi connectivity index (χ3n) is 3.83. The Labute approximate surface area is 104 Å². The van der Waals surface area contributed by atoms with E-state index >= 15 is 0 Å². The Kier molecular flexibility index (Phi) is 4.15. The lowest BCUT2D eigenvalue weighted by atomic mass is 9.99. The van der Waals surface area contributed by atoms with Gasteiger partial charge in [-0.05, 0) is 26.0 Å². The summed E-state index contributed by atoms with van der Waals surface area (Å²) in [5, 5.41) is 0. The first-order chi connectivity index (χ1) is 8.20. The van der Waals surface area contributed by atoms with Crippen LogP contribution in [0.1, 0.15) is 24.9 Å². The van der Waals surface area contributed by atoms with Crippen molar-refractivity contribution in [2.45, 2.75) is 31.5 Å². The Bertz CT molecular complexity index is 335. The summed E-state index contributed by atoms with van der Waals surface area (Å²) < 4.78 is 5.43. The van der Waals surface area contributed by atoms with Gasteiger partial charge in [0, 0.05) is 24.7 Å². The highest BCUT2D eigenvalue weighted by molar-refractivity contribution is 5.19. The maximum absolute atomic E-state index is 6.32. The van der Waals surface area contributed by atoms with Crippen LogP contribution in [0.4, 0.5) is 0 Å². The molecule has 1 aromatic rings. The molecule has 0 aromatic heterocycles. The molecule has 1 aliphatic heterocycles. The van der Waals surface area contributed by atoms with E-state index in [4.69, 9.17) is 10.5 Å². The van der Waals surface area contributed by atoms with Crippen molar-refractivity contribution in [3.8, 4) is 0 Å². The summed E-state index contributed by atoms with van der Waals surface area (Å²) in [5.74, 6) is 0. The fraction of sp³-hybridized carbons (Fsp3) is 0.571. The molecule has 3 nitrogen and oxygen atoms in total. The summed E-state index contributed by atoms with van der Waals surface area (Å²) in [6.45, 7) is 3.90.